The van der Waals surface area contributed by atoms with E-state index in [4.69, 9.17) is 0 Å². The van der Waals surface area contributed by atoms with Crippen LogP contribution in [0.2, 0.25) is 0 Å². The predicted octanol–water partition coefficient (Wildman–Crippen LogP) is 6.44. The van der Waals surface area contributed by atoms with E-state index in [9.17, 15) is 0 Å². The van der Waals surface area contributed by atoms with E-state index in [0.717, 1.165) is 5.92 Å². The summed E-state index contributed by atoms with van der Waals surface area (Å²) in [5.41, 5.74) is 2.92. The van der Waals surface area contributed by atoms with Gasteiger partial charge in [0.15, 0.2) is 0 Å². The van der Waals surface area contributed by atoms with Crippen LogP contribution in [-0.2, 0) is 6.42 Å². The number of hydrogen-bond acceptors (Lipinski definition) is 0. The molecule has 0 spiro atoms. The van der Waals surface area contributed by atoms with Gasteiger partial charge in [0, 0.05) is 4.83 Å². The quantitative estimate of drug-likeness (QED) is 0.529. The van der Waals surface area contributed by atoms with Crippen molar-refractivity contribution in [1.82, 2.24) is 0 Å². The van der Waals surface area contributed by atoms with Crippen LogP contribution >= 0.6 is 15.9 Å². The molecule has 0 N–H and O–H groups in total. The lowest BCUT2D eigenvalue weighted by Crippen LogP contribution is -2.07. The highest BCUT2D eigenvalue weighted by molar-refractivity contribution is 9.09. The van der Waals surface area contributed by atoms with Gasteiger partial charge in [-0.05, 0) is 36.3 Å². The summed E-state index contributed by atoms with van der Waals surface area (Å²) >= 11 is 3.88. The van der Waals surface area contributed by atoms with Crippen LogP contribution in [0.5, 0.6) is 0 Å². The molecule has 1 aliphatic carbocycles. The van der Waals surface area contributed by atoms with Crippen LogP contribution in [0.3, 0.4) is 0 Å². The highest BCUT2D eigenvalue weighted by Gasteiger charge is 2.15. The molecule has 0 heterocycles. The maximum atomic E-state index is 3.88. The summed E-state index contributed by atoms with van der Waals surface area (Å²) in [6.07, 6.45) is 12.4. The predicted molar refractivity (Wildman–Crippen MR) is 87.9 cm³/mol. The number of benzene rings is 1. The van der Waals surface area contributed by atoms with Gasteiger partial charge >= 0.3 is 0 Å². The van der Waals surface area contributed by atoms with Gasteiger partial charge in [0.1, 0.15) is 0 Å². The van der Waals surface area contributed by atoms with Crippen LogP contribution in [0.15, 0.2) is 24.3 Å². The third-order valence-electron chi connectivity index (χ3n) is 4.43. The SMILES string of the molecule is CCCc1ccc(C(Br)CCC2CCCCC2)cc1. The van der Waals surface area contributed by atoms with E-state index in [2.05, 4.69) is 47.1 Å². The first-order chi connectivity index (χ1) is 9.29. The Labute approximate surface area is 127 Å². The highest BCUT2D eigenvalue weighted by atomic mass is 79.9. The summed E-state index contributed by atoms with van der Waals surface area (Å²) in [6.45, 7) is 2.24. The second kappa shape index (κ2) is 8.09. The fraction of sp³-hybridized carbons (Fsp3) is 0.667. The largest absolute Gasteiger partial charge is 0.0839 e. The second-order valence-electron chi connectivity index (χ2n) is 6.04. The molecule has 1 heteroatoms. The molecule has 0 saturated heterocycles. The standard InChI is InChI=1S/C18H27Br/c1-2-6-15-9-12-17(13-10-15)18(19)14-11-16-7-4-3-5-8-16/h9-10,12-13,16,18H,2-8,11,14H2,1H3. The molecule has 1 aromatic carbocycles. The van der Waals surface area contributed by atoms with Crippen molar-refractivity contribution in [3.63, 3.8) is 0 Å². The average Bonchev–Trinajstić information content (AvgIpc) is 2.47. The molecule has 1 atom stereocenters. The Kier molecular flexibility index (Phi) is 6.43. The molecule has 0 radical (unpaired) electrons. The Morgan fingerprint density at radius 3 is 2.42 bits per heavy atom. The average molecular weight is 323 g/mol. The smallest absolute Gasteiger partial charge is 0.0395 e. The monoisotopic (exact) mass is 322 g/mol. The Bertz CT molecular complexity index is 348. The summed E-state index contributed by atoms with van der Waals surface area (Å²) in [5.74, 6) is 0.994. The number of halogens is 1. The zero-order valence-corrected chi connectivity index (χ0v) is 13.8. The first kappa shape index (κ1) is 15.1. The van der Waals surface area contributed by atoms with Crippen molar-refractivity contribution in [1.29, 1.82) is 0 Å². The van der Waals surface area contributed by atoms with Gasteiger partial charge in [-0.25, -0.2) is 0 Å². The van der Waals surface area contributed by atoms with Crippen molar-refractivity contribution in [2.75, 3.05) is 0 Å². The van der Waals surface area contributed by atoms with Crippen LogP contribution in [0.25, 0.3) is 0 Å². The summed E-state index contributed by atoms with van der Waals surface area (Å²) < 4.78 is 0. The number of aryl methyl sites for hydroxylation is 1. The first-order valence-corrected chi connectivity index (χ1v) is 8.94. The molecule has 0 bridgehead atoms. The van der Waals surface area contributed by atoms with Gasteiger partial charge in [-0.2, -0.15) is 0 Å². The van der Waals surface area contributed by atoms with Crippen LogP contribution < -0.4 is 0 Å². The van der Waals surface area contributed by atoms with Crippen molar-refractivity contribution in [2.24, 2.45) is 5.92 Å². The van der Waals surface area contributed by atoms with Crippen LogP contribution in [0.1, 0.15) is 74.2 Å². The third kappa shape index (κ3) is 4.95. The molecule has 0 amide bonds. The molecule has 2 rings (SSSR count). The molecule has 1 saturated carbocycles. The van der Waals surface area contributed by atoms with E-state index in [1.807, 2.05) is 0 Å². The maximum absolute atomic E-state index is 3.88. The van der Waals surface area contributed by atoms with E-state index < -0.39 is 0 Å². The molecule has 0 nitrogen and oxygen atoms in total. The minimum absolute atomic E-state index is 0.546. The minimum Gasteiger partial charge on any atom is -0.0839 e. The third-order valence-corrected chi connectivity index (χ3v) is 5.42. The molecule has 1 aromatic rings. The fourth-order valence-electron chi connectivity index (χ4n) is 3.21. The van der Waals surface area contributed by atoms with E-state index >= 15 is 0 Å². The first-order valence-electron chi connectivity index (χ1n) is 8.02. The summed E-state index contributed by atoms with van der Waals surface area (Å²) in [5, 5.41) is 0. The molecular weight excluding hydrogens is 296 g/mol. The topological polar surface area (TPSA) is 0 Å². The van der Waals surface area contributed by atoms with Gasteiger partial charge in [0.25, 0.3) is 0 Å². The zero-order valence-electron chi connectivity index (χ0n) is 12.2. The molecule has 0 aliphatic heterocycles. The number of alkyl halides is 1. The second-order valence-corrected chi connectivity index (χ2v) is 7.15. The summed E-state index contributed by atoms with van der Waals surface area (Å²) in [6, 6.07) is 9.22. The molecular formula is C18H27Br. The van der Waals surface area contributed by atoms with E-state index in [0.29, 0.717) is 4.83 Å². The van der Waals surface area contributed by atoms with E-state index in [-0.39, 0.29) is 0 Å². The Balaban J connectivity index is 1.79. The van der Waals surface area contributed by atoms with Crippen LogP contribution in [0.4, 0.5) is 0 Å². The molecule has 1 fully saturated rings. The van der Waals surface area contributed by atoms with Gasteiger partial charge < -0.3 is 0 Å². The highest BCUT2D eigenvalue weighted by Crippen LogP contribution is 2.34. The minimum atomic E-state index is 0.546. The lowest BCUT2D eigenvalue weighted by atomic mass is 9.85. The Hall–Kier alpha value is -0.300. The van der Waals surface area contributed by atoms with Gasteiger partial charge in [-0.3, -0.25) is 0 Å². The normalized spacial score (nSPS) is 18.4. The van der Waals surface area contributed by atoms with Gasteiger partial charge in [0.2, 0.25) is 0 Å². The van der Waals surface area contributed by atoms with Gasteiger partial charge in [0.05, 0.1) is 0 Å². The van der Waals surface area contributed by atoms with Crippen molar-refractivity contribution >= 4 is 15.9 Å². The Morgan fingerprint density at radius 2 is 1.79 bits per heavy atom. The fourth-order valence-corrected chi connectivity index (χ4v) is 3.78. The van der Waals surface area contributed by atoms with Crippen molar-refractivity contribution in [3.8, 4) is 0 Å². The van der Waals surface area contributed by atoms with Crippen LogP contribution in [-0.4, -0.2) is 0 Å². The molecule has 0 aromatic heterocycles. The zero-order chi connectivity index (χ0) is 13.5. The lowest BCUT2D eigenvalue weighted by Gasteiger charge is -2.22. The number of rotatable bonds is 6. The van der Waals surface area contributed by atoms with E-state index in [1.54, 1.807) is 0 Å². The van der Waals surface area contributed by atoms with E-state index in [1.165, 1.54) is 68.9 Å². The lowest BCUT2D eigenvalue weighted by molar-refractivity contribution is 0.332. The van der Waals surface area contributed by atoms with Crippen LogP contribution in [0, 0.1) is 5.92 Å². The van der Waals surface area contributed by atoms with Gasteiger partial charge in [-0.15, -0.1) is 0 Å². The summed E-state index contributed by atoms with van der Waals surface area (Å²) in [7, 11) is 0. The molecule has 19 heavy (non-hydrogen) atoms. The maximum Gasteiger partial charge on any atom is 0.0395 e. The van der Waals surface area contributed by atoms with Crippen molar-refractivity contribution < 1.29 is 0 Å². The van der Waals surface area contributed by atoms with Crippen molar-refractivity contribution in [3.05, 3.63) is 35.4 Å². The van der Waals surface area contributed by atoms with Crippen molar-refractivity contribution in [2.45, 2.75) is 69.5 Å². The summed E-state index contributed by atoms with van der Waals surface area (Å²) in [4.78, 5) is 0.546. The van der Waals surface area contributed by atoms with Gasteiger partial charge in [-0.1, -0.05) is 85.6 Å². The molecule has 106 valence electrons. The number of hydrogen-bond donors (Lipinski definition) is 0. The molecule has 1 aliphatic rings. The Morgan fingerprint density at radius 1 is 1.11 bits per heavy atom. The molecule has 1 unspecified atom stereocenters.